The minimum absolute atomic E-state index is 0. The number of fused-ring (bicyclic) bond motifs is 1. The van der Waals surface area contributed by atoms with Gasteiger partial charge in [-0.2, -0.15) is 18.3 Å². The number of carbonyl (C=O) groups excluding carboxylic acids is 1. The van der Waals surface area contributed by atoms with Crippen molar-refractivity contribution in [2.75, 3.05) is 22.7 Å². The number of rotatable bonds is 9. The molecule has 0 radical (unpaired) electrons. The zero-order valence-corrected chi connectivity index (χ0v) is 23.8. The Labute approximate surface area is 232 Å². The van der Waals surface area contributed by atoms with Crippen LogP contribution in [0.2, 0.25) is 0 Å². The van der Waals surface area contributed by atoms with E-state index >= 15 is 0 Å². The van der Waals surface area contributed by atoms with Gasteiger partial charge in [-0.15, -0.1) is 0 Å². The number of anilines is 2. The molecule has 2 aromatic rings. The van der Waals surface area contributed by atoms with E-state index in [1.807, 2.05) is 0 Å². The maximum Gasteiger partial charge on any atom is 0.427 e. The topological polar surface area (TPSA) is 149 Å². The molecule has 4 rings (SSSR count). The molecule has 226 valence electrons. The number of ether oxygens (including phenoxy) is 2. The molecule has 2 heterocycles. The number of sulfonamides is 2. The van der Waals surface area contributed by atoms with Crippen molar-refractivity contribution in [3.05, 3.63) is 30.1 Å². The van der Waals surface area contributed by atoms with Crippen LogP contribution in [0.5, 0.6) is 5.75 Å². The second-order valence-electron chi connectivity index (χ2n) is 10.0. The molecule has 0 spiro atoms. The highest BCUT2D eigenvalue weighted by Crippen LogP contribution is 2.40. The second-order valence-corrected chi connectivity index (χ2v) is 13.9. The van der Waals surface area contributed by atoms with Crippen LogP contribution in [0.25, 0.3) is 0 Å². The molecule has 2 N–H and O–H groups in total. The summed E-state index contributed by atoms with van der Waals surface area (Å²) in [7, 11) is -7.85. The summed E-state index contributed by atoms with van der Waals surface area (Å²) in [5, 5.41) is 5.89. The lowest BCUT2D eigenvalue weighted by molar-refractivity contribution is -0.242. The maximum absolute atomic E-state index is 13.8. The van der Waals surface area contributed by atoms with Gasteiger partial charge in [0, 0.05) is 27.8 Å². The third kappa shape index (κ3) is 6.15. The van der Waals surface area contributed by atoms with E-state index in [9.17, 15) is 34.8 Å². The number of alkyl halides is 3. The van der Waals surface area contributed by atoms with Crippen LogP contribution in [-0.2, 0) is 31.3 Å². The number of amides is 1. The molecule has 1 atom stereocenters. The number of aryl methyl sites for hydroxylation is 2. The molecule has 1 aromatic heterocycles. The third-order valence-electron chi connectivity index (χ3n) is 6.44. The Kier molecular flexibility index (Phi) is 7.79. The van der Waals surface area contributed by atoms with Crippen LogP contribution in [0, 0.1) is 6.92 Å². The van der Waals surface area contributed by atoms with E-state index in [1.54, 1.807) is 6.92 Å². The number of hydrogen-bond acceptors (Lipinski definition) is 8. The number of nitrogens with zero attached hydrogens (tertiary/aromatic N) is 3. The van der Waals surface area contributed by atoms with E-state index < -0.39 is 49.3 Å². The number of benzene rings is 1. The Morgan fingerprint density at radius 3 is 2.48 bits per heavy atom. The number of carbonyl (C=O) groups is 1. The molecule has 40 heavy (non-hydrogen) atoms. The predicted molar refractivity (Wildman–Crippen MR) is 142 cm³/mol. The summed E-state index contributed by atoms with van der Waals surface area (Å²) in [6, 6.07) is 3.84. The predicted octanol–water partition coefficient (Wildman–Crippen LogP) is 3.63. The van der Waals surface area contributed by atoms with E-state index in [0.717, 1.165) is 4.31 Å². The van der Waals surface area contributed by atoms with Crippen molar-refractivity contribution in [3.63, 3.8) is 0 Å². The quantitative estimate of drug-likeness (QED) is 0.436. The van der Waals surface area contributed by atoms with Gasteiger partial charge in [0.1, 0.15) is 16.7 Å². The molecule has 1 aromatic carbocycles. The van der Waals surface area contributed by atoms with Crippen LogP contribution in [-0.4, -0.2) is 68.9 Å². The Bertz CT molecular complexity index is 1510. The molecule has 0 bridgehead atoms. The van der Waals surface area contributed by atoms with Crippen molar-refractivity contribution in [2.45, 2.75) is 75.1 Å². The van der Waals surface area contributed by atoms with Crippen LogP contribution in [0.15, 0.2) is 29.3 Å². The van der Waals surface area contributed by atoms with Crippen molar-refractivity contribution >= 4 is 37.5 Å². The van der Waals surface area contributed by atoms with Crippen molar-refractivity contribution in [1.82, 2.24) is 14.5 Å². The van der Waals surface area contributed by atoms with E-state index in [-0.39, 0.29) is 43.7 Å². The van der Waals surface area contributed by atoms with Gasteiger partial charge in [-0.3, -0.25) is 14.3 Å². The van der Waals surface area contributed by atoms with Gasteiger partial charge in [0.05, 0.1) is 23.2 Å². The Morgan fingerprint density at radius 2 is 1.90 bits per heavy atom. The largest absolute Gasteiger partial charge is 0.485 e. The smallest absolute Gasteiger partial charge is 0.427 e. The summed E-state index contributed by atoms with van der Waals surface area (Å²) in [5.41, 5.74) is -2.62. The lowest BCUT2D eigenvalue weighted by atomic mass is 10.1. The first-order valence-electron chi connectivity index (χ1n) is 12.4. The first-order chi connectivity index (χ1) is 18.4. The molecule has 1 aliphatic carbocycles. The van der Waals surface area contributed by atoms with Gasteiger partial charge in [0.25, 0.3) is 10.0 Å². The van der Waals surface area contributed by atoms with Crippen LogP contribution in [0.4, 0.5) is 29.3 Å². The summed E-state index contributed by atoms with van der Waals surface area (Å²) in [4.78, 5) is 12.1. The second kappa shape index (κ2) is 10.4. The first-order valence-corrected chi connectivity index (χ1v) is 15.4. The summed E-state index contributed by atoms with van der Waals surface area (Å²) < 4.78 is 107. The first kappa shape index (κ1) is 29.9. The highest BCUT2D eigenvalue weighted by molar-refractivity contribution is 7.93. The fraction of sp³-hybridized carbons (Fsp3) is 0.565. The van der Waals surface area contributed by atoms with E-state index in [4.69, 9.17) is 4.74 Å². The van der Waals surface area contributed by atoms with Crippen LogP contribution < -0.4 is 19.1 Å². The number of halogens is 3. The van der Waals surface area contributed by atoms with Crippen LogP contribution >= 0.6 is 0 Å². The Balaban J connectivity index is 0.00000308. The van der Waals surface area contributed by atoms with Crippen molar-refractivity contribution in [1.29, 1.82) is 0 Å². The zero-order chi connectivity index (χ0) is 29.7. The standard InChI is InChI=1S/C23H30F3N5O7S2.2H2/c1-5-30-13-20(14(2)29-30)40(35,36)31-12-16(11-27-39(33,34)17-7-8-17)37-19-9-6-15(10-18(19)31)28-21(32)38-22(3,4)23(24,25)26;;/h6,9-10,13,16-17,27H,5,7-8,11-12H2,1-4H3,(H,28,32);2*1H/t16-;;/m0../s1. The number of aromatic nitrogens is 2. The minimum Gasteiger partial charge on any atom is -0.485 e. The average molecular weight is 614 g/mol. The molecule has 0 unspecified atom stereocenters. The maximum atomic E-state index is 13.8. The Morgan fingerprint density at radius 1 is 1.23 bits per heavy atom. The third-order valence-corrected chi connectivity index (χ3v) is 10.2. The molecule has 1 saturated carbocycles. The van der Waals surface area contributed by atoms with Crippen LogP contribution in [0.3, 0.4) is 0 Å². The Hall–Kier alpha value is -3.05. The van der Waals surface area contributed by atoms with Gasteiger partial charge >= 0.3 is 12.3 Å². The molecule has 1 aliphatic heterocycles. The molecular formula is C23H34F3N5O7S2. The van der Waals surface area contributed by atoms with Gasteiger partial charge in [-0.1, -0.05) is 0 Å². The lowest BCUT2D eigenvalue weighted by Crippen LogP contribution is -2.48. The fourth-order valence-electron chi connectivity index (χ4n) is 3.90. The summed E-state index contributed by atoms with van der Waals surface area (Å²) in [6.45, 7) is 4.61. The number of nitrogens with one attached hydrogen (secondary N) is 2. The molecular weight excluding hydrogens is 579 g/mol. The molecule has 12 nitrogen and oxygen atoms in total. The molecule has 1 amide bonds. The molecule has 17 heteroatoms. The molecule has 1 fully saturated rings. The van der Waals surface area contributed by atoms with Gasteiger partial charge in [0.2, 0.25) is 15.6 Å². The van der Waals surface area contributed by atoms with Crippen LogP contribution in [0.1, 0.15) is 42.2 Å². The fourth-order valence-corrected chi connectivity index (χ4v) is 6.98. The molecule has 0 saturated heterocycles. The van der Waals surface area contributed by atoms with Gasteiger partial charge in [-0.25, -0.2) is 26.4 Å². The monoisotopic (exact) mass is 613 g/mol. The lowest BCUT2D eigenvalue weighted by Gasteiger charge is -2.35. The van der Waals surface area contributed by atoms with Gasteiger partial charge in [0.15, 0.2) is 0 Å². The highest BCUT2D eigenvalue weighted by Gasteiger charge is 2.51. The normalized spacial score (nSPS) is 18.2. The van der Waals surface area contributed by atoms with E-state index in [0.29, 0.717) is 33.2 Å². The number of hydrogen-bond donors (Lipinski definition) is 2. The summed E-state index contributed by atoms with van der Waals surface area (Å²) in [6.07, 6.45) is -4.68. The summed E-state index contributed by atoms with van der Waals surface area (Å²) in [5.74, 6) is 0.0560. The average Bonchev–Trinajstić information content (AvgIpc) is 3.64. The highest BCUT2D eigenvalue weighted by atomic mass is 32.2. The molecule has 2 aliphatic rings. The SMILES string of the molecule is CCn1cc(S(=O)(=O)N2C[C@H](CNS(=O)(=O)C3CC3)Oc3ccc(NC(=O)OC(C)(C)C(F)(F)F)cc32)c(C)n1.[HH].[HH]. The van der Waals surface area contributed by atoms with Crippen molar-refractivity contribution < 1.29 is 47.1 Å². The van der Waals surface area contributed by atoms with Gasteiger partial charge in [-0.05, 0) is 58.7 Å². The van der Waals surface area contributed by atoms with E-state index in [2.05, 4.69) is 19.9 Å². The van der Waals surface area contributed by atoms with Crippen molar-refractivity contribution in [2.24, 2.45) is 0 Å². The minimum atomic E-state index is -4.82. The van der Waals surface area contributed by atoms with Crippen molar-refractivity contribution in [3.8, 4) is 5.75 Å². The van der Waals surface area contributed by atoms with Gasteiger partial charge < -0.3 is 9.47 Å². The van der Waals surface area contributed by atoms with E-state index in [1.165, 1.54) is 36.0 Å². The summed E-state index contributed by atoms with van der Waals surface area (Å²) >= 11 is 0. The zero-order valence-electron chi connectivity index (χ0n) is 22.1.